The van der Waals surface area contributed by atoms with Gasteiger partial charge in [0.1, 0.15) is 0 Å². The summed E-state index contributed by atoms with van der Waals surface area (Å²) in [6.07, 6.45) is 8.65. The van der Waals surface area contributed by atoms with Crippen LogP contribution < -0.4 is 10.6 Å². The van der Waals surface area contributed by atoms with E-state index >= 15 is 0 Å². The first-order chi connectivity index (χ1) is 10.7. The molecule has 0 aromatic heterocycles. The van der Waals surface area contributed by atoms with Gasteiger partial charge in [-0.25, -0.2) is 0 Å². The Balaban J connectivity index is 1.67. The highest BCUT2D eigenvalue weighted by molar-refractivity contribution is 5.85. The lowest BCUT2D eigenvalue weighted by molar-refractivity contribution is -0.126. The van der Waals surface area contributed by atoms with Gasteiger partial charge >= 0.3 is 0 Å². The number of carbonyl (C=O) groups is 2. The van der Waals surface area contributed by atoms with Crippen molar-refractivity contribution in [3.05, 3.63) is 35.9 Å². The summed E-state index contributed by atoms with van der Waals surface area (Å²) in [6, 6.07) is 9.83. The Morgan fingerprint density at radius 2 is 1.55 bits per heavy atom. The molecule has 1 aliphatic rings. The van der Waals surface area contributed by atoms with Crippen molar-refractivity contribution in [2.45, 2.75) is 57.4 Å². The van der Waals surface area contributed by atoms with Gasteiger partial charge in [0, 0.05) is 6.04 Å². The van der Waals surface area contributed by atoms with E-state index < -0.39 is 0 Å². The molecule has 1 aromatic rings. The number of hydrogen-bond acceptors (Lipinski definition) is 2. The average molecular weight is 302 g/mol. The molecule has 0 heterocycles. The van der Waals surface area contributed by atoms with Crippen LogP contribution in [0.25, 0.3) is 0 Å². The van der Waals surface area contributed by atoms with Crippen molar-refractivity contribution in [3.8, 4) is 0 Å². The zero-order valence-corrected chi connectivity index (χ0v) is 13.1. The van der Waals surface area contributed by atoms with E-state index in [1.165, 1.54) is 32.1 Å². The van der Waals surface area contributed by atoms with E-state index in [9.17, 15) is 9.59 Å². The van der Waals surface area contributed by atoms with E-state index in [0.29, 0.717) is 6.42 Å². The lowest BCUT2D eigenvalue weighted by atomic mass is 9.97. The molecule has 2 amide bonds. The summed E-state index contributed by atoms with van der Waals surface area (Å²) < 4.78 is 0. The van der Waals surface area contributed by atoms with Crippen molar-refractivity contribution in [2.24, 2.45) is 0 Å². The second kappa shape index (κ2) is 9.23. The van der Waals surface area contributed by atoms with E-state index in [0.717, 1.165) is 18.4 Å². The van der Waals surface area contributed by atoms with Crippen molar-refractivity contribution in [3.63, 3.8) is 0 Å². The molecule has 2 rings (SSSR count). The Hall–Kier alpha value is -1.84. The molecule has 0 radical (unpaired) electrons. The summed E-state index contributed by atoms with van der Waals surface area (Å²) in [5, 5.41) is 5.75. The molecule has 4 heteroatoms. The maximum absolute atomic E-state index is 11.9. The molecule has 0 saturated heterocycles. The van der Waals surface area contributed by atoms with E-state index in [-0.39, 0.29) is 24.4 Å². The summed E-state index contributed by atoms with van der Waals surface area (Å²) in [4.78, 5) is 23.8. The fourth-order valence-electron chi connectivity index (χ4n) is 2.90. The maximum atomic E-state index is 11.9. The zero-order valence-electron chi connectivity index (χ0n) is 13.1. The van der Waals surface area contributed by atoms with Gasteiger partial charge in [0.25, 0.3) is 0 Å². The molecule has 2 N–H and O–H groups in total. The standard InChI is InChI=1S/C18H26N2O2/c21-17(13-15-9-5-4-6-10-15)19-14-18(22)20-16-11-7-2-1-3-8-12-16/h4-6,9-10,16H,1-3,7-8,11-14H2,(H,19,21)(H,20,22). The summed E-state index contributed by atoms with van der Waals surface area (Å²) in [6.45, 7) is 0.0716. The van der Waals surface area contributed by atoms with Gasteiger partial charge in [0.05, 0.1) is 13.0 Å². The topological polar surface area (TPSA) is 58.2 Å². The SMILES string of the molecule is O=C(Cc1ccccc1)NCC(=O)NC1CCCCCCC1. The monoisotopic (exact) mass is 302 g/mol. The highest BCUT2D eigenvalue weighted by atomic mass is 16.2. The van der Waals surface area contributed by atoms with Crippen LogP contribution in [-0.2, 0) is 16.0 Å². The Kier molecular flexibility index (Phi) is 6.94. The highest BCUT2D eigenvalue weighted by Gasteiger charge is 2.14. The number of nitrogens with one attached hydrogen (secondary N) is 2. The van der Waals surface area contributed by atoms with Crippen molar-refractivity contribution in [2.75, 3.05) is 6.54 Å². The quantitative estimate of drug-likeness (QED) is 0.878. The molecule has 1 saturated carbocycles. The summed E-state index contributed by atoms with van der Waals surface area (Å²) in [5.74, 6) is -0.189. The van der Waals surface area contributed by atoms with Crippen LogP contribution in [0.5, 0.6) is 0 Å². The number of benzene rings is 1. The largest absolute Gasteiger partial charge is 0.352 e. The lowest BCUT2D eigenvalue weighted by Gasteiger charge is -2.21. The third-order valence-corrected chi connectivity index (χ3v) is 4.12. The van der Waals surface area contributed by atoms with Gasteiger partial charge in [-0.15, -0.1) is 0 Å². The smallest absolute Gasteiger partial charge is 0.239 e. The van der Waals surface area contributed by atoms with Gasteiger partial charge < -0.3 is 10.6 Å². The van der Waals surface area contributed by atoms with E-state index in [1.54, 1.807) is 0 Å². The first-order valence-corrected chi connectivity index (χ1v) is 8.34. The van der Waals surface area contributed by atoms with Gasteiger partial charge in [-0.1, -0.05) is 62.4 Å². The molecule has 1 aromatic carbocycles. The van der Waals surface area contributed by atoms with Crippen LogP contribution in [0.2, 0.25) is 0 Å². The van der Waals surface area contributed by atoms with Crippen LogP contribution in [0, 0.1) is 0 Å². The van der Waals surface area contributed by atoms with Gasteiger partial charge in [-0.05, 0) is 18.4 Å². The molecular formula is C18H26N2O2. The van der Waals surface area contributed by atoms with Gasteiger partial charge in [0.2, 0.25) is 11.8 Å². The third kappa shape index (κ3) is 6.29. The Bertz CT molecular complexity index is 465. The van der Waals surface area contributed by atoms with Crippen LogP contribution >= 0.6 is 0 Å². The molecule has 4 nitrogen and oxygen atoms in total. The minimum atomic E-state index is -0.112. The molecule has 120 valence electrons. The summed E-state index contributed by atoms with van der Waals surface area (Å²) in [7, 11) is 0. The molecule has 0 atom stereocenters. The van der Waals surface area contributed by atoms with Crippen LogP contribution in [0.4, 0.5) is 0 Å². The first-order valence-electron chi connectivity index (χ1n) is 8.34. The predicted octanol–water partition coefficient (Wildman–Crippen LogP) is 2.57. The molecular weight excluding hydrogens is 276 g/mol. The normalized spacial score (nSPS) is 16.4. The molecule has 0 bridgehead atoms. The van der Waals surface area contributed by atoms with Crippen molar-refractivity contribution in [1.29, 1.82) is 0 Å². The second-order valence-electron chi connectivity index (χ2n) is 6.05. The number of amides is 2. The minimum absolute atomic E-state index is 0.0716. The Morgan fingerprint density at radius 1 is 0.909 bits per heavy atom. The van der Waals surface area contributed by atoms with Crippen LogP contribution in [0.15, 0.2) is 30.3 Å². The van der Waals surface area contributed by atoms with Gasteiger partial charge in [-0.3, -0.25) is 9.59 Å². The Labute approximate surface area is 132 Å². The zero-order chi connectivity index (χ0) is 15.6. The number of carbonyl (C=O) groups excluding carboxylic acids is 2. The lowest BCUT2D eigenvalue weighted by Crippen LogP contribution is -2.42. The van der Waals surface area contributed by atoms with Crippen molar-refractivity contribution >= 4 is 11.8 Å². The van der Waals surface area contributed by atoms with Crippen molar-refractivity contribution < 1.29 is 9.59 Å². The van der Waals surface area contributed by atoms with Gasteiger partial charge in [-0.2, -0.15) is 0 Å². The van der Waals surface area contributed by atoms with E-state index in [1.807, 2.05) is 30.3 Å². The molecule has 1 aliphatic carbocycles. The molecule has 0 unspecified atom stereocenters. The van der Waals surface area contributed by atoms with E-state index in [2.05, 4.69) is 10.6 Å². The van der Waals surface area contributed by atoms with Gasteiger partial charge in [0.15, 0.2) is 0 Å². The van der Waals surface area contributed by atoms with Crippen molar-refractivity contribution in [1.82, 2.24) is 10.6 Å². The van der Waals surface area contributed by atoms with Crippen LogP contribution in [0.1, 0.15) is 50.5 Å². The fourth-order valence-corrected chi connectivity index (χ4v) is 2.90. The highest BCUT2D eigenvalue weighted by Crippen LogP contribution is 2.16. The Morgan fingerprint density at radius 3 is 2.23 bits per heavy atom. The van der Waals surface area contributed by atoms with Crippen LogP contribution in [0.3, 0.4) is 0 Å². The average Bonchev–Trinajstić information content (AvgIpc) is 2.49. The maximum Gasteiger partial charge on any atom is 0.239 e. The predicted molar refractivity (Wildman–Crippen MR) is 87.4 cm³/mol. The minimum Gasteiger partial charge on any atom is -0.352 e. The number of hydrogen-bond donors (Lipinski definition) is 2. The third-order valence-electron chi connectivity index (χ3n) is 4.12. The van der Waals surface area contributed by atoms with Crippen LogP contribution in [-0.4, -0.2) is 24.4 Å². The summed E-state index contributed by atoms with van der Waals surface area (Å²) >= 11 is 0. The molecule has 1 fully saturated rings. The fraction of sp³-hybridized carbons (Fsp3) is 0.556. The number of rotatable bonds is 5. The second-order valence-corrected chi connectivity index (χ2v) is 6.05. The molecule has 22 heavy (non-hydrogen) atoms. The van der Waals surface area contributed by atoms with E-state index in [4.69, 9.17) is 0 Å². The molecule has 0 spiro atoms. The first kappa shape index (κ1) is 16.5. The molecule has 0 aliphatic heterocycles. The summed E-state index contributed by atoms with van der Waals surface area (Å²) in [5.41, 5.74) is 0.959.